The molecule has 0 bridgehead atoms. The first-order valence-electron chi connectivity index (χ1n) is 7.02. The number of hydrogen-bond acceptors (Lipinski definition) is 4. The van der Waals surface area contributed by atoms with Crippen molar-refractivity contribution in [1.29, 1.82) is 0 Å². The fourth-order valence-corrected chi connectivity index (χ4v) is 2.42. The summed E-state index contributed by atoms with van der Waals surface area (Å²) in [6.07, 6.45) is -0.863. The molecule has 7 heteroatoms. The molecule has 1 unspecified atom stereocenters. The number of carboxylic acids is 1. The largest absolute Gasteiger partial charge is 0.545 e. The van der Waals surface area contributed by atoms with Crippen molar-refractivity contribution in [3.05, 3.63) is 57.6 Å². The van der Waals surface area contributed by atoms with Gasteiger partial charge < -0.3 is 20.0 Å². The van der Waals surface area contributed by atoms with E-state index >= 15 is 0 Å². The van der Waals surface area contributed by atoms with Gasteiger partial charge in [0.05, 0.1) is 11.7 Å². The topological polar surface area (TPSA) is 78.5 Å². The van der Waals surface area contributed by atoms with Crippen molar-refractivity contribution < 1.29 is 19.4 Å². The molecule has 0 aromatic heterocycles. The molecule has 2 rings (SSSR count). The Bertz CT molecular complexity index is 792. The predicted octanol–water partition coefficient (Wildman–Crippen LogP) is 3.07. The molecule has 2 aromatic rings. The fourth-order valence-electron chi connectivity index (χ4n) is 2.02. The Hall–Kier alpha value is -2.24. The van der Waals surface area contributed by atoms with Gasteiger partial charge in [0, 0.05) is 15.6 Å². The van der Waals surface area contributed by atoms with Gasteiger partial charge in [-0.25, -0.2) is 0 Å². The van der Waals surface area contributed by atoms with Gasteiger partial charge in [-0.3, -0.25) is 4.79 Å². The highest BCUT2D eigenvalue weighted by Crippen LogP contribution is 2.24. The number of benzene rings is 2. The van der Waals surface area contributed by atoms with Crippen molar-refractivity contribution >= 4 is 40.8 Å². The quantitative estimate of drug-likeness (QED) is 0.881. The Morgan fingerprint density at radius 3 is 2.38 bits per heavy atom. The summed E-state index contributed by atoms with van der Waals surface area (Å²) in [7, 11) is 0. The monoisotopic (exact) mass is 366 g/mol. The van der Waals surface area contributed by atoms with E-state index < -0.39 is 18.0 Å². The molecule has 2 aromatic carbocycles. The molecular weight excluding hydrogens is 353 g/mol. The summed E-state index contributed by atoms with van der Waals surface area (Å²) in [6, 6.07) is 9.03. The highest BCUT2D eigenvalue weighted by Gasteiger charge is 2.18. The van der Waals surface area contributed by atoms with Crippen LogP contribution in [-0.4, -0.2) is 18.0 Å². The number of rotatable bonds is 5. The molecule has 0 saturated carbocycles. The van der Waals surface area contributed by atoms with E-state index in [9.17, 15) is 14.7 Å². The number of carbonyl (C=O) groups excluding carboxylic acids is 2. The summed E-state index contributed by atoms with van der Waals surface area (Å²) in [5.74, 6) is -1.42. The van der Waals surface area contributed by atoms with Gasteiger partial charge in [0.1, 0.15) is 5.75 Å². The number of amides is 1. The summed E-state index contributed by atoms with van der Waals surface area (Å²) < 4.78 is 5.60. The van der Waals surface area contributed by atoms with E-state index in [4.69, 9.17) is 27.9 Å². The lowest BCUT2D eigenvalue weighted by molar-refractivity contribution is -0.254. The summed E-state index contributed by atoms with van der Waals surface area (Å²) >= 11 is 11.7. The van der Waals surface area contributed by atoms with Crippen LogP contribution in [0.25, 0.3) is 0 Å². The number of hydrogen-bond donors (Lipinski definition) is 1. The van der Waals surface area contributed by atoms with Gasteiger partial charge in [0.2, 0.25) is 0 Å². The van der Waals surface area contributed by atoms with E-state index in [-0.39, 0.29) is 16.3 Å². The summed E-state index contributed by atoms with van der Waals surface area (Å²) in [4.78, 5) is 23.4. The number of carbonyl (C=O) groups is 2. The Kier molecular flexibility index (Phi) is 5.70. The van der Waals surface area contributed by atoms with Crippen molar-refractivity contribution in [2.45, 2.75) is 20.0 Å². The van der Waals surface area contributed by atoms with Crippen LogP contribution in [0.3, 0.4) is 0 Å². The van der Waals surface area contributed by atoms with Crippen LogP contribution >= 0.6 is 23.2 Å². The van der Waals surface area contributed by atoms with Gasteiger partial charge in [-0.15, -0.1) is 0 Å². The molecule has 24 heavy (non-hydrogen) atoms. The molecule has 0 aliphatic rings. The number of aromatic carboxylic acids is 1. The van der Waals surface area contributed by atoms with E-state index in [1.54, 1.807) is 32.0 Å². The lowest BCUT2D eigenvalue weighted by Crippen LogP contribution is -2.32. The van der Waals surface area contributed by atoms with E-state index in [2.05, 4.69) is 5.32 Å². The van der Waals surface area contributed by atoms with E-state index in [0.29, 0.717) is 10.8 Å². The predicted molar refractivity (Wildman–Crippen MR) is 90.7 cm³/mol. The van der Waals surface area contributed by atoms with E-state index in [1.165, 1.54) is 18.2 Å². The maximum atomic E-state index is 12.3. The fraction of sp³-hybridized carbons (Fsp3) is 0.176. The third kappa shape index (κ3) is 4.40. The van der Waals surface area contributed by atoms with Crippen molar-refractivity contribution in [3.63, 3.8) is 0 Å². The molecule has 0 radical (unpaired) electrons. The number of nitrogens with one attached hydrogen (secondary N) is 1. The van der Waals surface area contributed by atoms with Crippen molar-refractivity contribution in [2.75, 3.05) is 5.32 Å². The maximum Gasteiger partial charge on any atom is 0.265 e. The highest BCUT2D eigenvalue weighted by molar-refractivity contribution is 6.31. The van der Waals surface area contributed by atoms with Crippen LogP contribution < -0.4 is 15.2 Å². The number of ether oxygens (including phenoxy) is 1. The van der Waals surface area contributed by atoms with Gasteiger partial charge in [0.25, 0.3) is 5.91 Å². The van der Waals surface area contributed by atoms with Crippen LogP contribution in [0, 0.1) is 6.92 Å². The molecule has 0 saturated heterocycles. The Labute approximate surface area is 149 Å². The smallest absolute Gasteiger partial charge is 0.265 e. The molecular formula is C17H14Cl2NO4-. The molecule has 1 N–H and O–H groups in total. The minimum absolute atomic E-state index is 0.0516. The second-order valence-electron chi connectivity index (χ2n) is 5.14. The van der Waals surface area contributed by atoms with Gasteiger partial charge in [-0.05, 0) is 55.8 Å². The molecule has 0 aliphatic carbocycles. The number of anilines is 1. The number of carboxylic acid groups (broad SMARTS) is 1. The first-order valence-corrected chi connectivity index (χ1v) is 7.78. The molecule has 0 spiro atoms. The standard InChI is InChI=1S/C17H15Cl2NO4/c1-9-7-11(18)4-6-15(9)24-10(2)16(21)20-14-8-12(19)3-5-13(14)17(22)23/h3-8,10H,1-2H3,(H,20,21)(H,22,23)/p-1. The number of halogens is 2. The normalized spacial score (nSPS) is 11.7. The van der Waals surface area contributed by atoms with Crippen LogP contribution in [0.4, 0.5) is 5.69 Å². The Morgan fingerprint density at radius 1 is 1.12 bits per heavy atom. The molecule has 1 atom stereocenters. The Morgan fingerprint density at radius 2 is 1.75 bits per heavy atom. The molecule has 126 valence electrons. The second-order valence-corrected chi connectivity index (χ2v) is 6.01. The summed E-state index contributed by atoms with van der Waals surface area (Å²) in [5, 5.41) is 14.4. The van der Waals surface area contributed by atoms with Gasteiger partial charge in [-0.1, -0.05) is 23.2 Å². The van der Waals surface area contributed by atoms with Crippen LogP contribution in [0.15, 0.2) is 36.4 Å². The van der Waals surface area contributed by atoms with Crippen LogP contribution in [0.2, 0.25) is 10.0 Å². The first kappa shape index (κ1) is 18.1. The van der Waals surface area contributed by atoms with Gasteiger partial charge in [0.15, 0.2) is 6.10 Å². The Balaban J connectivity index is 2.14. The van der Waals surface area contributed by atoms with Crippen LogP contribution in [0.1, 0.15) is 22.8 Å². The van der Waals surface area contributed by atoms with Crippen LogP contribution in [0.5, 0.6) is 5.75 Å². The summed E-state index contributed by atoms with van der Waals surface area (Å²) in [5.41, 5.74) is 0.665. The van der Waals surface area contributed by atoms with Crippen molar-refractivity contribution in [3.8, 4) is 5.75 Å². The second kappa shape index (κ2) is 7.55. The highest BCUT2D eigenvalue weighted by atomic mass is 35.5. The SMILES string of the molecule is Cc1cc(Cl)ccc1OC(C)C(=O)Nc1cc(Cl)ccc1C(=O)[O-]. The number of aryl methyl sites for hydroxylation is 1. The average molecular weight is 367 g/mol. The zero-order valence-corrected chi connectivity index (χ0v) is 14.4. The summed E-state index contributed by atoms with van der Waals surface area (Å²) in [6.45, 7) is 3.35. The van der Waals surface area contributed by atoms with Gasteiger partial charge in [-0.2, -0.15) is 0 Å². The van der Waals surface area contributed by atoms with Crippen molar-refractivity contribution in [1.82, 2.24) is 0 Å². The first-order chi connectivity index (χ1) is 11.3. The molecule has 1 amide bonds. The lowest BCUT2D eigenvalue weighted by atomic mass is 10.1. The molecule has 0 fully saturated rings. The zero-order valence-electron chi connectivity index (χ0n) is 12.9. The molecule has 0 aliphatic heterocycles. The third-order valence-electron chi connectivity index (χ3n) is 3.27. The van der Waals surface area contributed by atoms with Gasteiger partial charge >= 0.3 is 0 Å². The maximum absolute atomic E-state index is 12.3. The molecule has 5 nitrogen and oxygen atoms in total. The average Bonchev–Trinajstić information content (AvgIpc) is 2.49. The minimum atomic E-state index is -1.41. The molecule has 0 heterocycles. The zero-order chi connectivity index (χ0) is 17.9. The lowest BCUT2D eigenvalue weighted by Gasteiger charge is -2.18. The van der Waals surface area contributed by atoms with E-state index in [0.717, 1.165) is 5.56 Å². The third-order valence-corrected chi connectivity index (χ3v) is 3.74. The minimum Gasteiger partial charge on any atom is -0.545 e. The van der Waals surface area contributed by atoms with Crippen LogP contribution in [-0.2, 0) is 4.79 Å². The van der Waals surface area contributed by atoms with Crippen molar-refractivity contribution in [2.24, 2.45) is 0 Å². The van der Waals surface area contributed by atoms with E-state index in [1.807, 2.05) is 0 Å².